The number of aromatic nitrogens is 8. The topological polar surface area (TPSA) is 1130 Å². The van der Waals surface area contributed by atoms with Crippen LogP contribution in [0.3, 0.4) is 0 Å². The summed E-state index contributed by atoms with van der Waals surface area (Å²) >= 11 is 0. The molecule has 80 heteroatoms. The van der Waals surface area contributed by atoms with Crippen LogP contribution in [0.5, 0.6) is 0 Å². The van der Waals surface area contributed by atoms with E-state index >= 15 is 0 Å². The minimum atomic E-state index is -6.06. The van der Waals surface area contributed by atoms with Crippen LogP contribution in [0.4, 0.5) is 0 Å². The molecular formula is C28H63N8O56P16-. The Morgan fingerprint density at radius 2 is 0.333 bits per heavy atom. The SMILES string of the molecule is O=P(O)(O)C(O)(Cn1cc[n+](CC(O)(P(=O)(O)O)P(=O)(O)O)c1)P(=O)(O)O.O=P([O-])(O)C(O)(Cn1cc[n+](CC(O)(P(=O)(O)O)P(=O)(O)O)c1)P(=O)(O)O.O=P([O-])(O)C(O)(Cn1cc[n+](CC(O)(P(=O)([O-])O)P(=O)(O)O)c1)P(=O)(O)O.O=P([O-])(O)C(O)(Cn1cc[n+](CC(O)(P(=O)([O-])O)P(=O)(O)O)c1)P(=O)(O)O. The summed E-state index contributed by atoms with van der Waals surface area (Å²) in [5.74, 6) is 0. The first kappa shape index (κ1) is 105. The lowest BCUT2D eigenvalue weighted by molar-refractivity contribution is -0.703. The Morgan fingerprint density at radius 3 is 0.454 bits per heavy atom. The van der Waals surface area contributed by atoms with Gasteiger partial charge >= 0.3 is 98.8 Å². The van der Waals surface area contributed by atoms with Crippen LogP contribution in [0.2, 0.25) is 0 Å². The van der Waals surface area contributed by atoms with E-state index in [1.165, 1.54) is 0 Å². The van der Waals surface area contributed by atoms with Gasteiger partial charge in [-0.25, -0.2) is 36.5 Å². The first-order chi connectivity index (χ1) is 46.6. The van der Waals surface area contributed by atoms with E-state index in [-0.39, 0.29) is 0 Å². The Labute approximate surface area is 594 Å². The summed E-state index contributed by atoms with van der Waals surface area (Å²) in [6.07, 6.45) is 8.56. The Bertz CT molecular complexity index is 3670. The van der Waals surface area contributed by atoms with Gasteiger partial charge in [0, 0.05) is 0 Å². The fraction of sp³-hybridized carbons (Fsp3) is 0.571. The van der Waals surface area contributed by atoms with E-state index in [1.54, 1.807) is 0 Å². The maximum atomic E-state index is 11.3. The van der Waals surface area contributed by atoms with Crippen molar-refractivity contribution >= 4 is 122 Å². The lowest BCUT2D eigenvalue weighted by Gasteiger charge is -2.35. The van der Waals surface area contributed by atoms with Gasteiger partial charge in [0.1, 0.15) is 102 Å². The zero-order valence-electron chi connectivity index (χ0n) is 51.5. The minimum absolute atomic E-state index is 0.493. The number of hydrogen-bond acceptors (Lipinski definition) is 29. The maximum absolute atomic E-state index is 11.3. The van der Waals surface area contributed by atoms with Crippen molar-refractivity contribution in [2.45, 2.75) is 93.0 Å². The Kier molecular flexibility index (Phi) is 32.4. The van der Waals surface area contributed by atoms with E-state index in [0.29, 0.717) is 61.8 Å². The molecule has 108 heavy (non-hydrogen) atoms. The lowest BCUT2D eigenvalue weighted by Crippen LogP contribution is -2.48. The van der Waals surface area contributed by atoms with Gasteiger partial charge in [0.2, 0.25) is 25.3 Å². The van der Waals surface area contributed by atoms with Crippen molar-refractivity contribution in [3.8, 4) is 0 Å². The molecule has 10 unspecified atom stereocenters. The number of aliphatic hydroxyl groups is 8. The zero-order valence-corrected chi connectivity index (χ0v) is 65.9. The van der Waals surface area contributed by atoms with Crippen LogP contribution in [0.25, 0.3) is 0 Å². The van der Waals surface area contributed by atoms with Gasteiger partial charge in [-0.15, -0.1) is 0 Å². The van der Waals surface area contributed by atoms with E-state index in [4.69, 9.17) is 132 Å². The van der Waals surface area contributed by atoms with Gasteiger partial charge in [-0.05, 0) is 0 Å². The fourth-order valence-electron chi connectivity index (χ4n) is 7.26. The number of nitrogens with zero attached hydrogens (tertiary/aromatic N) is 8. The average Bonchev–Trinajstić information content (AvgIpc) is 1.56. The predicted molar refractivity (Wildman–Crippen MR) is 320 cm³/mol. The summed E-state index contributed by atoms with van der Waals surface area (Å²) in [6, 6.07) is 0. The molecule has 632 valence electrons. The molecule has 35 N–H and O–H groups in total. The van der Waals surface area contributed by atoms with Gasteiger partial charge in [-0.1, -0.05) is 0 Å². The molecule has 0 spiro atoms. The number of hydrogen-bond donors (Lipinski definition) is 35. The van der Waals surface area contributed by atoms with Crippen molar-refractivity contribution in [3.05, 3.63) is 74.9 Å². The van der Waals surface area contributed by atoms with E-state index < -0.39 is 215 Å². The summed E-state index contributed by atoms with van der Waals surface area (Å²) < 4.78 is 184. The van der Waals surface area contributed by atoms with Crippen molar-refractivity contribution < 1.29 is 289 Å². The smallest absolute Gasteiger partial charge is 0.373 e. The van der Waals surface area contributed by atoms with E-state index in [9.17, 15) is 138 Å². The fourth-order valence-corrected chi connectivity index (χ4v) is 23.4. The molecule has 0 aliphatic rings. The van der Waals surface area contributed by atoms with Gasteiger partial charge in [0.15, 0.2) is 38.0 Å². The first-order valence-electron chi connectivity index (χ1n) is 25.4. The maximum Gasteiger partial charge on any atom is 0.373 e. The highest BCUT2D eigenvalue weighted by molar-refractivity contribution is 7.75. The molecule has 0 radical (unpaired) electrons. The van der Waals surface area contributed by atoms with Crippen LogP contribution >= 0.6 is 122 Å². The van der Waals surface area contributed by atoms with Crippen LogP contribution in [0, 0.1) is 0 Å². The molecule has 64 nitrogen and oxygen atoms in total. The lowest BCUT2D eigenvalue weighted by atomic mass is 10.6. The van der Waals surface area contributed by atoms with E-state index in [0.717, 1.165) is 49.6 Å². The van der Waals surface area contributed by atoms with Crippen molar-refractivity contribution in [1.29, 1.82) is 0 Å². The molecule has 4 aromatic heterocycles. The molecule has 0 amide bonds. The van der Waals surface area contributed by atoms with Crippen LogP contribution in [0.15, 0.2) is 74.9 Å². The Morgan fingerprint density at radius 1 is 0.213 bits per heavy atom. The molecule has 4 heterocycles. The highest BCUT2D eigenvalue weighted by Crippen LogP contribution is 2.73. The normalized spacial score (nSPS) is 19.6. The molecule has 0 fully saturated rings. The van der Waals surface area contributed by atoms with Gasteiger partial charge in [-0.3, -0.25) is 50.2 Å². The summed E-state index contributed by atoms with van der Waals surface area (Å²) in [4.78, 5) is 299. The standard InChI is InChI=1S/4C7H16N2O14P4/c4*10-6(24(12,13)14,25(15,16)17)3-8-1-2-9(5-8)4-7(11,26(18,19)20)27(21,22)23/h4*1-2,5,10-11H,3-4H2,(H7-,12,13,14,15,16,17,18,19,20,21,22,23)/p-1. The van der Waals surface area contributed by atoms with E-state index in [1.807, 2.05) is 0 Å². The van der Waals surface area contributed by atoms with Gasteiger partial charge in [0.25, 0.3) is 25.4 Å². The highest BCUT2D eigenvalue weighted by Gasteiger charge is 2.66. The van der Waals surface area contributed by atoms with Crippen LogP contribution < -0.4 is 42.7 Å². The largest absolute Gasteiger partial charge is 0.776 e. The average molecular weight is 1900 g/mol. The third-order valence-electron chi connectivity index (χ3n) is 13.5. The molecule has 0 aliphatic heterocycles. The highest BCUT2D eigenvalue weighted by atomic mass is 31.3. The monoisotopic (exact) mass is 1900 g/mol. The second-order valence-electron chi connectivity index (χ2n) is 21.8. The second-order valence-corrected chi connectivity index (χ2v) is 53.6. The van der Waals surface area contributed by atoms with Crippen molar-refractivity contribution in [2.24, 2.45) is 0 Å². The first-order valence-corrected chi connectivity index (χ1v) is 51.0. The Hall–Kier alpha value is -1.08. The van der Waals surface area contributed by atoms with Gasteiger partial charge in [0.05, 0.1) is 0 Å². The summed E-state index contributed by atoms with van der Waals surface area (Å²) in [7, 11) is -94.4. The summed E-state index contributed by atoms with van der Waals surface area (Å²) in [6.45, 7) is -11.6. The molecule has 4 rings (SSSR count). The van der Waals surface area contributed by atoms with Gasteiger partial charge in [-0.2, -0.15) is 0 Å². The second kappa shape index (κ2) is 33.4. The molecule has 0 saturated heterocycles. The molecule has 0 bridgehead atoms. The molecular weight excluding hydrogens is 1840 g/mol. The van der Waals surface area contributed by atoms with Crippen molar-refractivity contribution in [1.82, 2.24) is 18.3 Å². The van der Waals surface area contributed by atoms with Crippen LogP contribution in [-0.4, -0.2) is 232 Å². The quantitative estimate of drug-likeness (QED) is 0.0159. The molecule has 4 aromatic rings. The number of imidazole rings is 4. The summed E-state index contributed by atoms with van der Waals surface area (Å²) in [5, 5.41) is 46.5. The molecule has 0 aliphatic carbocycles. The molecule has 10 atom stereocenters. The third-order valence-corrected chi connectivity index (χ3v) is 43.0. The minimum Gasteiger partial charge on any atom is -0.776 e. The summed E-state index contributed by atoms with van der Waals surface area (Å²) in [5.41, 5.74) is 0. The zero-order chi connectivity index (χ0) is 86.8. The number of rotatable bonds is 32. The molecule has 0 saturated carbocycles. The van der Waals surface area contributed by atoms with Crippen molar-refractivity contribution in [3.63, 3.8) is 0 Å². The van der Waals surface area contributed by atoms with Gasteiger partial charge < -0.3 is 220 Å². The van der Waals surface area contributed by atoms with Crippen LogP contribution in [0.1, 0.15) is 0 Å². The van der Waals surface area contributed by atoms with Crippen molar-refractivity contribution in [2.75, 3.05) is 0 Å². The Balaban J connectivity index is 0.000000720. The predicted octanol–water partition coefficient (Wildman–Crippen LogP) is -16.0. The van der Waals surface area contributed by atoms with E-state index in [2.05, 4.69) is 0 Å². The van der Waals surface area contributed by atoms with Crippen LogP contribution in [-0.2, 0) is 125 Å². The molecule has 0 aromatic carbocycles. The third kappa shape index (κ3) is 23.6.